The Morgan fingerprint density at radius 1 is 1.57 bits per heavy atom. The van der Waals surface area contributed by atoms with Gasteiger partial charge in [-0.2, -0.15) is 0 Å². The number of unbranched alkanes of at least 4 members (excludes halogenated alkanes) is 1. The Kier molecular flexibility index (Phi) is 5.80. The molecule has 1 aliphatic heterocycles. The van der Waals surface area contributed by atoms with Crippen molar-refractivity contribution in [3.63, 3.8) is 0 Å². The summed E-state index contributed by atoms with van der Waals surface area (Å²) in [7, 11) is 0. The molecule has 1 aromatic heterocycles. The molecule has 0 saturated carbocycles. The van der Waals surface area contributed by atoms with Crippen LogP contribution in [0.1, 0.15) is 26.7 Å². The lowest BCUT2D eigenvalue weighted by Gasteiger charge is -2.16. The Morgan fingerprint density at radius 3 is 3.05 bits per heavy atom. The molecule has 1 aliphatic rings. The number of amides is 3. The minimum atomic E-state index is -0.356. The highest BCUT2D eigenvalue weighted by Crippen LogP contribution is 2.29. The lowest BCUT2D eigenvalue weighted by atomic mass is 10.3. The van der Waals surface area contributed by atoms with Crippen molar-refractivity contribution in [1.82, 2.24) is 20.4 Å². The predicted molar refractivity (Wildman–Crippen MR) is 83.7 cm³/mol. The molecule has 3 amide bonds. The number of aromatic nitrogens is 2. The third-order valence-electron chi connectivity index (χ3n) is 2.96. The van der Waals surface area contributed by atoms with Crippen LogP contribution in [0.4, 0.5) is 9.93 Å². The topological polar surface area (TPSA) is 87.2 Å². The molecule has 2 N–H and O–H groups in total. The molecule has 21 heavy (non-hydrogen) atoms. The zero-order valence-corrected chi connectivity index (χ0v) is 13.7. The zero-order chi connectivity index (χ0) is 15.2. The molecule has 1 fully saturated rings. The molecule has 0 radical (unpaired) electrons. The molecular formula is C12H19N5O2S2. The van der Waals surface area contributed by atoms with Crippen molar-refractivity contribution in [3.8, 4) is 0 Å². The SMILES string of the molecule is CCCCNc1nnc(S[C@@H](C)C(=O)N2CCNC2=O)s1. The fourth-order valence-electron chi connectivity index (χ4n) is 1.80. The van der Waals surface area contributed by atoms with Gasteiger partial charge in [0.15, 0.2) is 4.34 Å². The molecule has 0 aromatic carbocycles. The van der Waals surface area contributed by atoms with E-state index in [9.17, 15) is 9.59 Å². The first-order valence-electron chi connectivity index (χ1n) is 6.95. The van der Waals surface area contributed by atoms with E-state index in [1.54, 1.807) is 6.92 Å². The van der Waals surface area contributed by atoms with E-state index in [4.69, 9.17) is 0 Å². The molecular weight excluding hydrogens is 310 g/mol. The second-order valence-corrected chi connectivity index (χ2v) is 7.20. The van der Waals surface area contributed by atoms with Crippen LogP contribution < -0.4 is 10.6 Å². The number of hydrogen-bond acceptors (Lipinski definition) is 7. The number of urea groups is 1. The molecule has 1 saturated heterocycles. The van der Waals surface area contributed by atoms with E-state index in [2.05, 4.69) is 27.8 Å². The Bertz CT molecular complexity index is 508. The third-order valence-corrected chi connectivity index (χ3v) is 5.01. The summed E-state index contributed by atoms with van der Waals surface area (Å²) in [4.78, 5) is 24.9. The minimum absolute atomic E-state index is 0.189. The number of nitrogens with zero attached hydrogens (tertiary/aromatic N) is 3. The molecule has 0 bridgehead atoms. The van der Waals surface area contributed by atoms with Crippen molar-refractivity contribution in [2.45, 2.75) is 36.3 Å². The molecule has 1 aromatic rings. The van der Waals surface area contributed by atoms with Gasteiger partial charge in [0.25, 0.3) is 0 Å². The van der Waals surface area contributed by atoms with Gasteiger partial charge < -0.3 is 10.6 Å². The van der Waals surface area contributed by atoms with Crippen molar-refractivity contribution in [1.29, 1.82) is 0 Å². The molecule has 2 heterocycles. The van der Waals surface area contributed by atoms with Crippen molar-refractivity contribution in [2.75, 3.05) is 25.0 Å². The first kappa shape index (κ1) is 16.0. The Labute approximate surface area is 131 Å². The molecule has 2 rings (SSSR count). The summed E-state index contributed by atoms with van der Waals surface area (Å²) in [5, 5.41) is 14.3. The Balaban J connectivity index is 1.86. The van der Waals surface area contributed by atoms with Crippen molar-refractivity contribution in [3.05, 3.63) is 0 Å². The summed E-state index contributed by atoms with van der Waals surface area (Å²) < 4.78 is 0.731. The van der Waals surface area contributed by atoms with Gasteiger partial charge in [-0.15, -0.1) is 10.2 Å². The normalized spacial score (nSPS) is 15.9. The first-order chi connectivity index (χ1) is 10.1. The average Bonchev–Trinajstić information content (AvgIpc) is 3.07. The molecule has 0 spiro atoms. The lowest BCUT2D eigenvalue weighted by Crippen LogP contribution is -2.38. The van der Waals surface area contributed by atoms with E-state index < -0.39 is 0 Å². The van der Waals surface area contributed by atoms with Crippen LogP contribution in [0.25, 0.3) is 0 Å². The summed E-state index contributed by atoms with van der Waals surface area (Å²) in [6.45, 7) is 5.74. The number of carbonyl (C=O) groups is 2. The Morgan fingerprint density at radius 2 is 2.38 bits per heavy atom. The highest BCUT2D eigenvalue weighted by molar-refractivity contribution is 8.02. The summed E-state index contributed by atoms with van der Waals surface area (Å²) >= 11 is 2.77. The van der Waals surface area contributed by atoms with Gasteiger partial charge in [-0.1, -0.05) is 36.4 Å². The number of thioether (sulfide) groups is 1. The van der Waals surface area contributed by atoms with Gasteiger partial charge in [0.1, 0.15) is 0 Å². The maximum Gasteiger partial charge on any atom is 0.324 e. The van der Waals surface area contributed by atoms with E-state index in [0.717, 1.165) is 28.9 Å². The number of carbonyl (C=O) groups excluding carboxylic acids is 2. The summed E-state index contributed by atoms with van der Waals surface area (Å²) in [6, 6.07) is -0.313. The van der Waals surface area contributed by atoms with Gasteiger partial charge in [0.2, 0.25) is 11.0 Å². The Hall–Kier alpha value is -1.35. The van der Waals surface area contributed by atoms with Crippen molar-refractivity contribution in [2.24, 2.45) is 0 Å². The van der Waals surface area contributed by atoms with Crippen molar-refractivity contribution >= 4 is 40.2 Å². The fraction of sp³-hybridized carbons (Fsp3) is 0.667. The summed E-state index contributed by atoms with van der Waals surface area (Å²) in [5.41, 5.74) is 0. The zero-order valence-electron chi connectivity index (χ0n) is 12.1. The maximum absolute atomic E-state index is 12.2. The number of nitrogens with one attached hydrogen (secondary N) is 2. The van der Waals surface area contributed by atoms with Crippen molar-refractivity contribution < 1.29 is 9.59 Å². The third kappa shape index (κ3) is 4.31. The number of rotatable bonds is 7. The maximum atomic E-state index is 12.2. The second-order valence-electron chi connectivity index (χ2n) is 4.64. The van der Waals surface area contributed by atoms with E-state index in [1.165, 1.54) is 28.0 Å². The summed E-state index contributed by atoms with van der Waals surface area (Å²) in [5.74, 6) is -0.189. The van der Waals surface area contributed by atoms with Crippen LogP contribution in [0.15, 0.2) is 4.34 Å². The molecule has 0 unspecified atom stereocenters. The molecule has 9 heteroatoms. The van der Waals surface area contributed by atoms with Crippen LogP contribution in [0.3, 0.4) is 0 Å². The van der Waals surface area contributed by atoms with E-state index in [0.29, 0.717) is 13.1 Å². The highest BCUT2D eigenvalue weighted by atomic mass is 32.2. The summed E-state index contributed by atoms with van der Waals surface area (Å²) in [6.07, 6.45) is 2.21. The van der Waals surface area contributed by atoms with Gasteiger partial charge >= 0.3 is 6.03 Å². The number of anilines is 1. The van der Waals surface area contributed by atoms with Gasteiger partial charge in [-0.3, -0.25) is 9.69 Å². The van der Waals surface area contributed by atoms with Gasteiger partial charge in [-0.25, -0.2) is 4.79 Å². The van der Waals surface area contributed by atoms with Crippen LogP contribution in [0.2, 0.25) is 0 Å². The van der Waals surface area contributed by atoms with E-state index in [-0.39, 0.29) is 17.2 Å². The van der Waals surface area contributed by atoms with E-state index in [1.807, 2.05) is 0 Å². The van der Waals surface area contributed by atoms with Gasteiger partial charge in [0.05, 0.1) is 5.25 Å². The van der Waals surface area contributed by atoms with Gasteiger partial charge in [0, 0.05) is 19.6 Å². The van der Waals surface area contributed by atoms with E-state index >= 15 is 0 Å². The highest BCUT2D eigenvalue weighted by Gasteiger charge is 2.30. The average molecular weight is 329 g/mol. The molecule has 7 nitrogen and oxygen atoms in total. The van der Waals surface area contributed by atoms with Crippen LogP contribution in [-0.2, 0) is 4.79 Å². The lowest BCUT2D eigenvalue weighted by molar-refractivity contribution is -0.126. The predicted octanol–water partition coefficient (Wildman–Crippen LogP) is 1.78. The quantitative estimate of drug-likeness (QED) is 0.586. The molecule has 0 aliphatic carbocycles. The molecule has 1 atom stereocenters. The monoisotopic (exact) mass is 329 g/mol. The second kappa shape index (κ2) is 7.60. The van der Waals surface area contributed by atoms with Crippen LogP contribution >= 0.6 is 23.1 Å². The number of hydrogen-bond donors (Lipinski definition) is 2. The smallest absolute Gasteiger partial charge is 0.324 e. The number of imide groups is 1. The van der Waals surface area contributed by atoms with Crippen LogP contribution in [0, 0.1) is 0 Å². The standard InChI is InChI=1S/C12H19N5O2S2/c1-3-4-5-13-10-15-16-12(21-10)20-8(2)9(18)17-7-6-14-11(17)19/h8H,3-7H2,1-2H3,(H,13,15)(H,14,19)/t8-/m0/s1. The largest absolute Gasteiger partial charge is 0.360 e. The fourth-order valence-corrected chi connectivity index (χ4v) is 3.79. The van der Waals surface area contributed by atoms with Gasteiger partial charge in [-0.05, 0) is 13.3 Å². The minimum Gasteiger partial charge on any atom is -0.360 e. The first-order valence-corrected chi connectivity index (χ1v) is 8.64. The van der Waals surface area contributed by atoms with Crippen LogP contribution in [0.5, 0.6) is 0 Å². The van der Waals surface area contributed by atoms with Crippen LogP contribution in [-0.4, -0.2) is 51.9 Å². The molecule has 116 valence electrons.